The lowest BCUT2D eigenvalue weighted by molar-refractivity contribution is 0.102. The molecular weight excluding hydrogens is 289 g/mol. The van der Waals surface area contributed by atoms with E-state index in [4.69, 9.17) is 11.6 Å². The summed E-state index contributed by atoms with van der Waals surface area (Å²) in [5.74, 6) is -0.707. The maximum Gasteiger partial charge on any atom is 0.260 e. The van der Waals surface area contributed by atoms with Crippen LogP contribution in [0.5, 0.6) is 0 Å². The van der Waals surface area contributed by atoms with Crippen molar-refractivity contribution in [3.05, 3.63) is 64.4 Å². The van der Waals surface area contributed by atoms with Gasteiger partial charge in [0.2, 0.25) is 0 Å². The van der Waals surface area contributed by atoms with Gasteiger partial charge >= 0.3 is 0 Å². The van der Waals surface area contributed by atoms with E-state index < -0.39 is 11.7 Å². The number of halogens is 2. The number of carbonyl (C=O) groups excluding carboxylic acids is 1. The van der Waals surface area contributed by atoms with Crippen molar-refractivity contribution in [2.24, 2.45) is 0 Å². The summed E-state index contributed by atoms with van der Waals surface area (Å²) in [5.41, 5.74) is 1.69. The summed E-state index contributed by atoms with van der Waals surface area (Å²) in [4.78, 5) is 12.1. The summed E-state index contributed by atoms with van der Waals surface area (Å²) in [6.45, 7) is 4.27. The van der Waals surface area contributed by atoms with Crippen LogP contribution < -0.4 is 5.32 Å². The summed E-state index contributed by atoms with van der Waals surface area (Å²) in [5, 5.41) is 2.76. The van der Waals surface area contributed by atoms with Crippen LogP contribution >= 0.6 is 11.6 Å². The minimum Gasteiger partial charge on any atom is -0.322 e. The molecule has 0 aromatic heterocycles. The van der Waals surface area contributed by atoms with Crippen molar-refractivity contribution in [1.82, 2.24) is 0 Å². The van der Waals surface area contributed by atoms with Gasteiger partial charge < -0.3 is 5.32 Å². The average Bonchev–Trinajstić information content (AvgIpc) is 2.47. The third-order valence-corrected chi connectivity index (χ3v) is 3.85. The van der Waals surface area contributed by atoms with Crippen molar-refractivity contribution in [1.29, 1.82) is 0 Å². The summed E-state index contributed by atoms with van der Waals surface area (Å²) in [6, 6.07) is 11.7. The Balaban J connectivity index is 2.16. The molecular formula is C17H17ClFNO. The zero-order valence-electron chi connectivity index (χ0n) is 12.0. The molecule has 0 unspecified atom stereocenters. The third kappa shape index (κ3) is 3.61. The van der Waals surface area contributed by atoms with Gasteiger partial charge in [-0.25, -0.2) is 4.39 Å². The molecule has 4 heteroatoms. The first kappa shape index (κ1) is 15.5. The number of amides is 1. The molecule has 0 saturated heterocycles. The molecule has 2 rings (SSSR count). The van der Waals surface area contributed by atoms with Crippen LogP contribution in [0.2, 0.25) is 5.02 Å². The van der Waals surface area contributed by atoms with Gasteiger partial charge in [0.25, 0.3) is 5.91 Å². The first-order valence-corrected chi connectivity index (χ1v) is 7.26. The number of benzene rings is 2. The van der Waals surface area contributed by atoms with Crippen LogP contribution in [0, 0.1) is 5.82 Å². The van der Waals surface area contributed by atoms with Gasteiger partial charge in [0.1, 0.15) is 5.82 Å². The fourth-order valence-corrected chi connectivity index (χ4v) is 2.29. The Kier molecular flexibility index (Phi) is 4.97. The Hall–Kier alpha value is -1.87. The SMILES string of the molecule is CC[C@H](C)c1ccc(NC(=O)c2c(F)cccc2Cl)cc1. The molecule has 2 aromatic rings. The molecule has 1 N–H and O–H groups in total. The zero-order chi connectivity index (χ0) is 15.4. The number of hydrogen-bond acceptors (Lipinski definition) is 1. The van der Waals surface area contributed by atoms with E-state index in [2.05, 4.69) is 19.2 Å². The summed E-state index contributed by atoms with van der Waals surface area (Å²) in [7, 11) is 0. The Morgan fingerprint density at radius 2 is 1.90 bits per heavy atom. The van der Waals surface area contributed by atoms with Crippen LogP contribution in [0.3, 0.4) is 0 Å². The molecule has 0 heterocycles. The largest absolute Gasteiger partial charge is 0.322 e. The van der Waals surface area contributed by atoms with Gasteiger partial charge in [-0.15, -0.1) is 0 Å². The Morgan fingerprint density at radius 1 is 1.24 bits per heavy atom. The molecule has 0 aliphatic heterocycles. The van der Waals surface area contributed by atoms with Crippen molar-refractivity contribution in [2.45, 2.75) is 26.2 Å². The molecule has 0 bridgehead atoms. The molecule has 2 nitrogen and oxygen atoms in total. The van der Waals surface area contributed by atoms with E-state index in [9.17, 15) is 9.18 Å². The highest BCUT2D eigenvalue weighted by molar-refractivity contribution is 6.34. The van der Waals surface area contributed by atoms with Gasteiger partial charge in [-0.05, 0) is 42.2 Å². The number of anilines is 1. The molecule has 0 aliphatic rings. The molecule has 2 aromatic carbocycles. The van der Waals surface area contributed by atoms with Gasteiger partial charge in [-0.3, -0.25) is 4.79 Å². The van der Waals surface area contributed by atoms with Gasteiger partial charge in [-0.1, -0.05) is 43.6 Å². The van der Waals surface area contributed by atoms with Crippen molar-refractivity contribution in [3.8, 4) is 0 Å². The van der Waals surface area contributed by atoms with Crippen LogP contribution in [0.25, 0.3) is 0 Å². The van der Waals surface area contributed by atoms with Crippen molar-refractivity contribution < 1.29 is 9.18 Å². The summed E-state index contributed by atoms with van der Waals surface area (Å²) in [6.07, 6.45) is 1.05. The summed E-state index contributed by atoms with van der Waals surface area (Å²) >= 11 is 5.88. The lowest BCUT2D eigenvalue weighted by Crippen LogP contribution is -2.14. The smallest absolute Gasteiger partial charge is 0.260 e. The molecule has 21 heavy (non-hydrogen) atoms. The van der Waals surface area contributed by atoms with E-state index >= 15 is 0 Å². The standard InChI is InChI=1S/C17H17ClFNO/c1-3-11(2)12-7-9-13(10-8-12)20-17(21)16-14(18)5-4-6-15(16)19/h4-11H,3H2,1-2H3,(H,20,21)/t11-/m0/s1. The van der Waals surface area contributed by atoms with E-state index in [0.717, 1.165) is 6.42 Å². The maximum absolute atomic E-state index is 13.7. The first-order chi connectivity index (χ1) is 10.0. The second-order valence-electron chi connectivity index (χ2n) is 4.98. The van der Waals surface area contributed by atoms with Crippen LogP contribution in [-0.4, -0.2) is 5.91 Å². The van der Waals surface area contributed by atoms with Gasteiger partial charge in [0.15, 0.2) is 0 Å². The van der Waals surface area contributed by atoms with Crippen molar-refractivity contribution in [3.63, 3.8) is 0 Å². The average molecular weight is 306 g/mol. The fourth-order valence-electron chi connectivity index (χ4n) is 2.04. The molecule has 0 fully saturated rings. The number of rotatable bonds is 4. The fraction of sp³-hybridized carbons (Fsp3) is 0.235. The quantitative estimate of drug-likeness (QED) is 0.821. The van der Waals surface area contributed by atoms with Crippen molar-refractivity contribution >= 4 is 23.2 Å². The van der Waals surface area contributed by atoms with E-state index in [1.54, 1.807) is 0 Å². The minimum absolute atomic E-state index is 0.101. The predicted octanol–water partition coefficient (Wildman–Crippen LogP) is 5.24. The Labute approximate surface area is 128 Å². The van der Waals surface area contributed by atoms with Crippen LogP contribution in [0.15, 0.2) is 42.5 Å². The molecule has 110 valence electrons. The Bertz CT molecular complexity index is 619. The second-order valence-corrected chi connectivity index (χ2v) is 5.39. The van der Waals surface area contributed by atoms with Crippen molar-refractivity contribution in [2.75, 3.05) is 5.32 Å². The van der Waals surface area contributed by atoms with E-state index in [-0.39, 0.29) is 10.6 Å². The number of carbonyl (C=O) groups is 1. The second kappa shape index (κ2) is 6.72. The number of nitrogens with one attached hydrogen (secondary N) is 1. The monoisotopic (exact) mass is 305 g/mol. The molecule has 1 amide bonds. The zero-order valence-corrected chi connectivity index (χ0v) is 12.7. The predicted molar refractivity (Wildman–Crippen MR) is 84.5 cm³/mol. The number of hydrogen-bond donors (Lipinski definition) is 1. The molecule has 0 radical (unpaired) electrons. The lowest BCUT2D eigenvalue weighted by Gasteiger charge is -2.11. The van der Waals surface area contributed by atoms with Gasteiger partial charge in [-0.2, -0.15) is 0 Å². The van der Waals surface area contributed by atoms with Gasteiger partial charge in [0.05, 0.1) is 10.6 Å². The molecule has 0 aliphatic carbocycles. The highest BCUT2D eigenvalue weighted by atomic mass is 35.5. The minimum atomic E-state index is -0.628. The van der Waals surface area contributed by atoms with Crippen LogP contribution in [0.1, 0.15) is 42.1 Å². The van der Waals surface area contributed by atoms with Gasteiger partial charge in [0, 0.05) is 5.69 Å². The van der Waals surface area contributed by atoms with E-state index in [0.29, 0.717) is 11.6 Å². The van der Waals surface area contributed by atoms with E-state index in [1.807, 2.05) is 24.3 Å². The maximum atomic E-state index is 13.7. The third-order valence-electron chi connectivity index (χ3n) is 3.54. The normalized spacial score (nSPS) is 12.0. The topological polar surface area (TPSA) is 29.1 Å². The lowest BCUT2D eigenvalue weighted by atomic mass is 9.98. The van der Waals surface area contributed by atoms with Crippen LogP contribution in [-0.2, 0) is 0 Å². The highest BCUT2D eigenvalue weighted by Gasteiger charge is 2.15. The van der Waals surface area contributed by atoms with Crippen LogP contribution in [0.4, 0.5) is 10.1 Å². The molecule has 0 saturated carbocycles. The van der Waals surface area contributed by atoms with E-state index in [1.165, 1.54) is 23.8 Å². The molecule has 1 atom stereocenters. The summed E-state index contributed by atoms with van der Waals surface area (Å²) < 4.78 is 13.7. The first-order valence-electron chi connectivity index (χ1n) is 6.88. The molecule has 0 spiro atoms. The Morgan fingerprint density at radius 3 is 2.48 bits per heavy atom. The highest BCUT2D eigenvalue weighted by Crippen LogP contribution is 2.23.